The first kappa shape index (κ1) is 12.3. The number of ketones is 1. The van der Waals surface area contributed by atoms with Crippen molar-refractivity contribution in [1.29, 1.82) is 0 Å². The number of alkyl halides is 6. The molecule has 1 rings (SSSR count). The van der Waals surface area contributed by atoms with E-state index in [1.165, 1.54) is 4.98 Å². The Kier molecular flexibility index (Phi) is 2.61. The fourth-order valence-corrected chi connectivity index (χ4v) is 0.895. The van der Waals surface area contributed by atoms with Crippen LogP contribution in [0.1, 0.15) is 16.2 Å². The Morgan fingerprint density at radius 1 is 1.19 bits per heavy atom. The summed E-state index contributed by atoms with van der Waals surface area (Å²) in [6, 6.07) is 0. The molecule has 0 unspecified atom stereocenters. The number of rotatable bonds is 1. The minimum absolute atomic E-state index is 0.917. The van der Waals surface area contributed by atoms with Crippen LogP contribution in [0.4, 0.5) is 32.3 Å². The van der Waals surface area contributed by atoms with E-state index in [1.54, 1.807) is 0 Å². The maximum absolute atomic E-state index is 12.2. The van der Waals surface area contributed by atoms with Gasteiger partial charge in [-0.05, 0) is 0 Å². The van der Waals surface area contributed by atoms with Crippen molar-refractivity contribution in [3.8, 4) is 0 Å². The lowest BCUT2D eigenvalue weighted by Crippen LogP contribution is -2.26. The molecule has 1 aromatic heterocycles. The molecule has 0 saturated carbocycles. The number of aromatic nitrogens is 2. The summed E-state index contributed by atoms with van der Waals surface area (Å²) >= 11 is 0. The number of nitrogens with zero attached hydrogens (tertiary/aromatic N) is 1. The van der Waals surface area contributed by atoms with Crippen molar-refractivity contribution in [2.24, 2.45) is 0 Å². The second kappa shape index (κ2) is 3.39. The van der Waals surface area contributed by atoms with Crippen LogP contribution in [0.3, 0.4) is 0 Å². The van der Waals surface area contributed by atoms with Gasteiger partial charge in [0, 0.05) is 0 Å². The van der Waals surface area contributed by atoms with Gasteiger partial charge in [0.15, 0.2) is 11.6 Å². The third-order valence-corrected chi connectivity index (χ3v) is 1.48. The van der Waals surface area contributed by atoms with Gasteiger partial charge in [-0.2, -0.15) is 26.3 Å². The predicted molar refractivity (Wildman–Crippen MR) is 38.4 cm³/mol. The normalized spacial score (nSPS) is 12.9. The lowest BCUT2D eigenvalue weighted by Gasteiger charge is -2.07. The molecule has 1 heterocycles. The van der Waals surface area contributed by atoms with Crippen molar-refractivity contribution in [2.45, 2.75) is 12.4 Å². The maximum atomic E-state index is 12.2. The van der Waals surface area contributed by atoms with Crippen LogP contribution < -0.4 is 5.73 Å². The number of H-pyrrole nitrogens is 1. The van der Waals surface area contributed by atoms with Crippen molar-refractivity contribution in [2.75, 3.05) is 5.73 Å². The lowest BCUT2D eigenvalue weighted by atomic mass is 10.2. The first-order chi connectivity index (χ1) is 7.03. The average molecular weight is 247 g/mol. The SMILES string of the molecule is Nc1nc(C(=O)C(F)(F)F)c(C(F)(F)F)[nH]1. The number of hydrogen-bond acceptors (Lipinski definition) is 3. The molecule has 0 bridgehead atoms. The summed E-state index contributed by atoms with van der Waals surface area (Å²) < 4.78 is 72.2. The zero-order chi connectivity index (χ0) is 12.7. The predicted octanol–water partition coefficient (Wildman–Crippen LogP) is 1.76. The van der Waals surface area contributed by atoms with Crippen LogP contribution in [0.15, 0.2) is 0 Å². The molecule has 0 amide bonds. The second-order valence-electron chi connectivity index (χ2n) is 2.67. The lowest BCUT2D eigenvalue weighted by molar-refractivity contribution is -0.141. The molecule has 0 aliphatic heterocycles. The Morgan fingerprint density at radius 3 is 2.06 bits per heavy atom. The molecule has 0 aliphatic rings. The number of nitrogens with two attached hydrogens (primary N) is 1. The molecule has 3 N–H and O–H groups in total. The summed E-state index contributed by atoms with van der Waals surface area (Å²) in [5.41, 5.74) is 1.08. The maximum Gasteiger partial charge on any atom is 0.456 e. The van der Waals surface area contributed by atoms with Gasteiger partial charge in [-0.25, -0.2) is 4.98 Å². The fraction of sp³-hybridized carbons (Fsp3) is 0.333. The molecule has 0 aromatic carbocycles. The average Bonchev–Trinajstić information content (AvgIpc) is 2.43. The number of halogens is 6. The zero-order valence-corrected chi connectivity index (χ0v) is 7.20. The molecule has 0 atom stereocenters. The van der Waals surface area contributed by atoms with Crippen LogP contribution in [0, 0.1) is 0 Å². The van der Waals surface area contributed by atoms with E-state index in [2.05, 4.69) is 4.98 Å². The van der Waals surface area contributed by atoms with Gasteiger partial charge in [0.25, 0.3) is 5.78 Å². The van der Waals surface area contributed by atoms with Crippen LogP contribution in [0.5, 0.6) is 0 Å². The molecule has 16 heavy (non-hydrogen) atoms. The summed E-state index contributed by atoms with van der Waals surface area (Å²) in [6.07, 6.45) is -10.6. The van der Waals surface area contributed by atoms with Crippen molar-refractivity contribution < 1.29 is 31.1 Å². The van der Waals surface area contributed by atoms with Crippen LogP contribution >= 0.6 is 0 Å². The number of carbonyl (C=O) groups is 1. The number of imidazole rings is 1. The molecule has 0 aliphatic carbocycles. The molecule has 4 nitrogen and oxygen atoms in total. The third-order valence-electron chi connectivity index (χ3n) is 1.48. The van der Waals surface area contributed by atoms with Crippen LogP contribution in [0.2, 0.25) is 0 Å². The Hall–Kier alpha value is -1.74. The number of carbonyl (C=O) groups excluding carboxylic acids is 1. The van der Waals surface area contributed by atoms with E-state index in [4.69, 9.17) is 5.73 Å². The van der Waals surface area contributed by atoms with Crippen molar-refractivity contribution >= 4 is 11.7 Å². The van der Waals surface area contributed by atoms with Crippen molar-refractivity contribution in [3.63, 3.8) is 0 Å². The number of nitrogen functional groups attached to an aromatic ring is 1. The highest BCUT2D eigenvalue weighted by atomic mass is 19.4. The molecular weight excluding hydrogens is 244 g/mol. The van der Waals surface area contributed by atoms with E-state index in [1.807, 2.05) is 0 Å². The van der Waals surface area contributed by atoms with Gasteiger partial charge in [0.05, 0.1) is 0 Å². The van der Waals surface area contributed by atoms with Crippen molar-refractivity contribution in [3.05, 3.63) is 11.4 Å². The Labute approximate surface area is 83.4 Å². The molecule has 0 radical (unpaired) electrons. The number of hydrogen-bond donors (Lipinski definition) is 2. The molecule has 0 saturated heterocycles. The van der Waals surface area contributed by atoms with Crippen LogP contribution in [-0.4, -0.2) is 21.9 Å². The standard InChI is InChI=1S/C6H3F6N3O/c7-5(8,9)2-1(14-4(13)15-2)3(16)6(10,11)12/h(H3,13,14,15). The Balaban J connectivity index is 3.30. The highest BCUT2D eigenvalue weighted by molar-refractivity contribution is 6.00. The van der Waals surface area contributed by atoms with Crippen molar-refractivity contribution in [1.82, 2.24) is 9.97 Å². The summed E-state index contributed by atoms with van der Waals surface area (Å²) in [4.78, 5) is 14.6. The van der Waals surface area contributed by atoms with Gasteiger partial charge in [-0.1, -0.05) is 0 Å². The van der Waals surface area contributed by atoms with Gasteiger partial charge in [-0.15, -0.1) is 0 Å². The van der Waals surface area contributed by atoms with E-state index in [0.29, 0.717) is 0 Å². The molecular formula is C6H3F6N3O. The number of anilines is 1. The topological polar surface area (TPSA) is 71.8 Å². The first-order valence-electron chi connectivity index (χ1n) is 3.57. The minimum Gasteiger partial charge on any atom is -0.369 e. The van der Waals surface area contributed by atoms with Gasteiger partial charge in [0.2, 0.25) is 0 Å². The summed E-state index contributed by atoms with van der Waals surface area (Å²) in [7, 11) is 0. The quantitative estimate of drug-likeness (QED) is 0.586. The molecule has 0 spiro atoms. The summed E-state index contributed by atoms with van der Waals surface area (Å²) in [5.74, 6) is -3.62. The molecule has 90 valence electrons. The second-order valence-corrected chi connectivity index (χ2v) is 2.67. The smallest absolute Gasteiger partial charge is 0.369 e. The monoisotopic (exact) mass is 247 g/mol. The fourth-order valence-electron chi connectivity index (χ4n) is 0.895. The number of aromatic amines is 1. The highest BCUT2D eigenvalue weighted by Crippen LogP contribution is 2.33. The van der Waals surface area contributed by atoms with E-state index in [0.717, 1.165) is 0 Å². The van der Waals surface area contributed by atoms with E-state index >= 15 is 0 Å². The molecule has 10 heteroatoms. The minimum atomic E-state index is -5.44. The summed E-state index contributed by atoms with van der Waals surface area (Å²) in [6.45, 7) is 0. The van der Waals surface area contributed by atoms with E-state index in [-0.39, 0.29) is 0 Å². The van der Waals surface area contributed by atoms with E-state index in [9.17, 15) is 31.1 Å². The van der Waals surface area contributed by atoms with Gasteiger partial charge >= 0.3 is 12.4 Å². The Bertz CT molecular complexity index is 417. The van der Waals surface area contributed by atoms with Gasteiger partial charge < -0.3 is 10.7 Å². The Morgan fingerprint density at radius 2 is 1.69 bits per heavy atom. The molecule has 1 aromatic rings. The first-order valence-corrected chi connectivity index (χ1v) is 3.57. The zero-order valence-electron chi connectivity index (χ0n) is 7.20. The number of nitrogens with one attached hydrogen (secondary N) is 1. The summed E-state index contributed by atoms with van der Waals surface area (Å²) in [5, 5.41) is 0. The van der Waals surface area contributed by atoms with Gasteiger partial charge in [-0.3, -0.25) is 4.79 Å². The number of Topliss-reactive ketones (excluding diaryl/α,β-unsaturated/α-hetero) is 1. The van der Waals surface area contributed by atoms with Crippen LogP contribution in [0.25, 0.3) is 0 Å². The largest absolute Gasteiger partial charge is 0.456 e. The van der Waals surface area contributed by atoms with E-state index < -0.39 is 35.5 Å². The highest BCUT2D eigenvalue weighted by Gasteiger charge is 2.47. The third kappa shape index (κ3) is 2.25. The van der Waals surface area contributed by atoms with Crippen LogP contribution in [-0.2, 0) is 6.18 Å². The molecule has 0 fully saturated rings. The van der Waals surface area contributed by atoms with Gasteiger partial charge in [0.1, 0.15) is 5.69 Å².